The Bertz CT molecular complexity index is 276. The number of nitrogens with zero attached hydrogens (tertiary/aromatic N) is 2. The monoisotopic (exact) mass is 180 g/mol. The fraction of sp³-hybridized carbons (Fsp3) is 0.556. The molecular formula is C9H12N2O2. The molecule has 0 radical (unpaired) electrons. The van der Waals surface area contributed by atoms with Gasteiger partial charge in [0.1, 0.15) is 6.10 Å². The molecule has 13 heavy (non-hydrogen) atoms. The van der Waals surface area contributed by atoms with Crippen molar-refractivity contribution in [3.8, 4) is 0 Å². The molecule has 0 bridgehead atoms. The zero-order valence-corrected chi connectivity index (χ0v) is 7.35. The summed E-state index contributed by atoms with van der Waals surface area (Å²) in [4.78, 5) is 11.3. The summed E-state index contributed by atoms with van der Waals surface area (Å²) in [6.07, 6.45) is 7.22. The largest absolute Gasteiger partial charge is 0.445 e. The van der Waals surface area contributed by atoms with Crippen LogP contribution in [0.1, 0.15) is 25.7 Å². The van der Waals surface area contributed by atoms with Gasteiger partial charge in [-0.2, -0.15) is 9.78 Å². The highest BCUT2D eigenvalue weighted by atomic mass is 16.6. The molecule has 0 amide bonds. The topological polar surface area (TPSA) is 44.1 Å². The summed E-state index contributed by atoms with van der Waals surface area (Å²) in [5.41, 5.74) is 0. The molecule has 0 atom stereocenters. The Morgan fingerprint density at radius 2 is 2.23 bits per heavy atom. The quantitative estimate of drug-likeness (QED) is 0.662. The van der Waals surface area contributed by atoms with E-state index in [0.29, 0.717) is 0 Å². The van der Waals surface area contributed by atoms with Crippen LogP contribution in [-0.2, 0) is 4.74 Å². The van der Waals surface area contributed by atoms with Crippen LogP contribution in [-0.4, -0.2) is 22.0 Å². The molecule has 0 aromatic carbocycles. The van der Waals surface area contributed by atoms with Crippen LogP contribution >= 0.6 is 0 Å². The van der Waals surface area contributed by atoms with Crippen molar-refractivity contribution >= 4 is 6.09 Å². The summed E-state index contributed by atoms with van der Waals surface area (Å²) >= 11 is 0. The van der Waals surface area contributed by atoms with Gasteiger partial charge in [0.05, 0.1) is 0 Å². The van der Waals surface area contributed by atoms with Gasteiger partial charge < -0.3 is 4.74 Å². The predicted molar refractivity (Wildman–Crippen MR) is 46.4 cm³/mol. The van der Waals surface area contributed by atoms with Gasteiger partial charge in [-0.3, -0.25) is 0 Å². The van der Waals surface area contributed by atoms with Crippen molar-refractivity contribution < 1.29 is 9.53 Å². The van der Waals surface area contributed by atoms with Gasteiger partial charge in [0, 0.05) is 12.4 Å². The molecule has 2 rings (SSSR count). The van der Waals surface area contributed by atoms with E-state index in [1.165, 1.54) is 4.68 Å². The zero-order chi connectivity index (χ0) is 9.10. The minimum absolute atomic E-state index is 0.108. The minimum Gasteiger partial charge on any atom is -0.445 e. The molecule has 1 saturated carbocycles. The Balaban J connectivity index is 1.91. The fourth-order valence-electron chi connectivity index (χ4n) is 1.58. The number of ether oxygens (including phenoxy) is 1. The molecule has 0 spiro atoms. The molecule has 4 heteroatoms. The van der Waals surface area contributed by atoms with E-state index in [1.807, 2.05) is 0 Å². The number of aromatic nitrogens is 2. The standard InChI is InChI=1S/C9H12N2O2/c12-9(11-7-3-6-10-11)13-8-4-1-2-5-8/h3,6-8H,1-2,4-5H2. The van der Waals surface area contributed by atoms with E-state index < -0.39 is 0 Å². The Hall–Kier alpha value is -1.32. The third kappa shape index (κ3) is 1.88. The summed E-state index contributed by atoms with van der Waals surface area (Å²) in [7, 11) is 0. The normalized spacial score (nSPS) is 17.5. The second-order valence-electron chi connectivity index (χ2n) is 3.24. The van der Waals surface area contributed by atoms with E-state index in [-0.39, 0.29) is 12.2 Å². The van der Waals surface area contributed by atoms with E-state index in [1.54, 1.807) is 18.5 Å². The Morgan fingerprint density at radius 1 is 1.46 bits per heavy atom. The maximum atomic E-state index is 11.3. The molecule has 1 aromatic rings. The molecule has 70 valence electrons. The van der Waals surface area contributed by atoms with E-state index in [2.05, 4.69) is 5.10 Å². The summed E-state index contributed by atoms with van der Waals surface area (Å²) < 4.78 is 6.44. The molecule has 1 aromatic heterocycles. The van der Waals surface area contributed by atoms with Crippen molar-refractivity contribution in [2.45, 2.75) is 31.8 Å². The lowest BCUT2D eigenvalue weighted by Crippen LogP contribution is -2.20. The average Bonchev–Trinajstić information content (AvgIpc) is 2.74. The summed E-state index contributed by atoms with van der Waals surface area (Å²) in [6, 6.07) is 1.70. The van der Waals surface area contributed by atoms with Gasteiger partial charge in [-0.05, 0) is 31.7 Å². The molecule has 1 fully saturated rings. The lowest BCUT2D eigenvalue weighted by Gasteiger charge is -2.09. The van der Waals surface area contributed by atoms with Crippen LogP contribution < -0.4 is 0 Å². The summed E-state index contributed by atoms with van der Waals surface area (Å²) in [5, 5.41) is 3.80. The lowest BCUT2D eigenvalue weighted by molar-refractivity contribution is 0.0994. The van der Waals surface area contributed by atoms with Crippen molar-refractivity contribution in [3.63, 3.8) is 0 Å². The summed E-state index contributed by atoms with van der Waals surface area (Å²) in [6.45, 7) is 0. The number of carbonyl (C=O) groups is 1. The predicted octanol–water partition coefficient (Wildman–Crippen LogP) is 1.81. The first kappa shape index (κ1) is 8.29. The van der Waals surface area contributed by atoms with Crippen LogP contribution in [0.3, 0.4) is 0 Å². The van der Waals surface area contributed by atoms with Crippen LogP contribution in [0.5, 0.6) is 0 Å². The molecule has 0 saturated heterocycles. The van der Waals surface area contributed by atoms with Gasteiger partial charge in [-0.1, -0.05) is 0 Å². The second-order valence-corrected chi connectivity index (χ2v) is 3.24. The van der Waals surface area contributed by atoms with E-state index in [0.717, 1.165) is 25.7 Å². The Kier molecular flexibility index (Phi) is 2.29. The number of rotatable bonds is 1. The fourth-order valence-corrected chi connectivity index (χ4v) is 1.58. The van der Waals surface area contributed by atoms with Crippen LogP contribution in [0.25, 0.3) is 0 Å². The van der Waals surface area contributed by atoms with E-state index >= 15 is 0 Å². The Labute approximate surface area is 76.5 Å². The average molecular weight is 180 g/mol. The van der Waals surface area contributed by atoms with Gasteiger partial charge in [0.25, 0.3) is 0 Å². The first-order valence-corrected chi connectivity index (χ1v) is 4.57. The SMILES string of the molecule is O=C(OC1CCCC1)n1cccn1. The zero-order valence-electron chi connectivity index (χ0n) is 7.35. The number of carbonyl (C=O) groups excluding carboxylic acids is 1. The molecule has 0 unspecified atom stereocenters. The van der Waals surface area contributed by atoms with Crippen molar-refractivity contribution in [3.05, 3.63) is 18.5 Å². The highest BCUT2D eigenvalue weighted by Gasteiger charge is 2.19. The maximum Gasteiger partial charge on any atom is 0.434 e. The van der Waals surface area contributed by atoms with Crippen molar-refractivity contribution in [2.24, 2.45) is 0 Å². The molecule has 4 nitrogen and oxygen atoms in total. The van der Waals surface area contributed by atoms with E-state index in [4.69, 9.17) is 4.74 Å². The van der Waals surface area contributed by atoms with Crippen molar-refractivity contribution in [1.29, 1.82) is 0 Å². The lowest BCUT2D eigenvalue weighted by atomic mass is 10.3. The molecule has 0 aliphatic heterocycles. The molecule has 1 heterocycles. The third-order valence-electron chi connectivity index (χ3n) is 2.26. The number of hydrogen-bond acceptors (Lipinski definition) is 3. The van der Waals surface area contributed by atoms with Crippen LogP contribution in [0.15, 0.2) is 18.5 Å². The van der Waals surface area contributed by atoms with Crippen molar-refractivity contribution in [1.82, 2.24) is 9.78 Å². The molecule has 0 N–H and O–H groups in total. The van der Waals surface area contributed by atoms with Gasteiger partial charge >= 0.3 is 6.09 Å². The molecule has 1 aliphatic rings. The molecular weight excluding hydrogens is 168 g/mol. The van der Waals surface area contributed by atoms with Gasteiger partial charge in [0.15, 0.2) is 0 Å². The van der Waals surface area contributed by atoms with Gasteiger partial charge in [-0.15, -0.1) is 0 Å². The highest BCUT2D eigenvalue weighted by molar-refractivity contribution is 5.69. The van der Waals surface area contributed by atoms with Gasteiger partial charge in [0.2, 0.25) is 0 Å². The maximum absolute atomic E-state index is 11.3. The third-order valence-corrected chi connectivity index (χ3v) is 2.26. The summed E-state index contributed by atoms with van der Waals surface area (Å²) in [5.74, 6) is 0. The first-order chi connectivity index (χ1) is 6.36. The first-order valence-electron chi connectivity index (χ1n) is 4.57. The van der Waals surface area contributed by atoms with Crippen LogP contribution in [0, 0.1) is 0 Å². The Morgan fingerprint density at radius 3 is 2.85 bits per heavy atom. The highest BCUT2D eigenvalue weighted by Crippen LogP contribution is 2.21. The van der Waals surface area contributed by atoms with Crippen LogP contribution in [0.2, 0.25) is 0 Å². The second kappa shape index (κ2) is 3.60. The van der Waals surface area contributed by atoms with Crippen LogP contribution in [0.4, 0.5) is 4.79 Å². The number of hydrogen-bond donors (Lipinski definition) is 0. The van der Waals surface area contributed by atoms with E-state index in [9.17, 15) is 4.79 Å². The van der Waals surface area contributed by atoms with Crippen molar-refractivity contribution in [2.75, 3.05) is 0 Å². The smallest absolute Gasteiger partial charge is 0.434 e. The molecule has 1 aliphatic carbocycles. The minimum atomic E-state index is -0.364. The van der Waals surface area contributed by atoms with Gasteiger partial charge in [-0.25, -0.2) is 4.79 Å².